The van der Waals surface area contributed by atoms with Crippen LogP contribution in [0.15, 0.2) is 30.3 Å². The molecule has 0 radical (unpaired) electrons. The minimum Gasteiger partial charge on any atom is -0.309 e. The molecule has 20 heavy (non-hydrogen) atoms. The Morgan fingerprint density at radius 1 is 1.10 bits per heavy atom. The molecule has 0 amide bonds. The van der Waals surface area contributed by atoms with Gasteiger partial charge in [0.2, 0.25) is 0 Å². The van der Waals surface area contributed by atoms with Crippen LogP contribution in [0.2, 0.25) is 6.04 Å². The van der Waals surface area contributed by atoms with E-state index in [-0.39, 0.29) is 37.0 Å². The van der Waals surface area contributed by atoms with Gasteiger partial charge in [-0.15, -0.1) is 0 Å². The van der Waals surface area contributed by atoms with Gasteiger partial charge in [-0.05, 0) is 20.3 Å². The van der Waals surface area contributed by atoms with E-state index in [2.05, 4.69) is 0 Å². The van der Waals surface area contributed by atoms with Crippen molar-refractivity contribution in [1.29, 1.82) is 0 Å². The molecule has 0 saturated carbocycles. The Morgan fingerprint density at radius 2 is 1.65 bits per heavy atom. The zero-order chi connectivity index (χ0) is 15.1. The van der Waals surface area contributed by atoms with Crippen LogP contribution in [0.5, 0.6) is 0 Å². The van der Waals surface area contributed by atoms with E-state index in [1.807, 2.05) is 0 Å². The number of halogens is 2. The first kappa shape index (κ1) is 17.5. The van der Waals surface area contributed by atoms with Gasteiger partial charge in [-0.2, -0.15) is 0 Å². The summed E-state index contributed by atoms with van der Waals surface area (Å²) in [6.45, 7) is 3.92. The Kier molecular flexibility index (Phi) is 7.02. The third kappa shape index (κ3) is 5.44. The summed E-state index contributed by atoms with van der Waals surface area (Å²) >= 11 is 0. The first-order valence-corrected chi connectivity index (χ1v) is 10.4. The van der Waals surface area contributed by atoms with Gasteiger partial charge in [-0.25, -0.2) is 0 Å². The average molecular weight is 322 g/mol. The molecular formula is C13H21F2O3PSi. The second-order valence-electron chi connectivity index (χ2n) is 4.34. The van der Waals surface area contributed by atoms with Crippen molar-refractivity contribution in [1.82, 2.24) is 0 Å². The molecule has 1 aromatic carbocycles. The van der Waals surface area contributed by atoms with Gasteiger partial charge in [0.05, 0.1) is 19.4 Å². The molecule has 114 valence electrons. The molecule has 0 aromatic heterocycles. The van der Waals surface area contributed by atoms with E-state index in [1.165, 1.54) is 12.1 Å². The Labute approximate surface area is 120 Å². The third-order valence-electron chi connectivity index (χ3n) is 2.77. The monoisotopic (exact) mass is 322 g/mol. The predicted octanol–water partition coefficient (Wildman–Crippen LogP) is 3.93. The molecule has 7 heteroatoms. The molecule has 1 aromatic rings. The molecule has 0 aliphatic rings. The fourth-order valence-electron chi connectivity index (χ4n) is 1.88. The zero-order valence-corrected chi connectivity index (χ0v) is 13.7. The summed E-state index contributed by atoms with van der Waals surface area (Å²) in [5, 5.41) is 0.114. The fourth-order valence-corrected chi connectivity index (χ4v) is 5.43. The molecule has 3 nitrogen and oxygen atoms in total. The van der Waals surface area contributed by atoms with Crippen molar-refractivity contribution in [2.24, 2.45) is 0 Å². The summed E-state index contributed by atoms with van der Waals surface area (Å²) in [7, 11) is -7.67. The van der Waals surface area contributed by atoms with Crippen LogP contribution in [0.1, 0.15) is 20.3 Å². The molecule has 0 aliphatic heterocycles. The van der Waals surface area contributed by atoms with Gasteiger partial charge in [0.15, 0.2) is 0 Å². The van der Waals surface area contributed by atoms with Crippen molar-refractivity contribution in [3.8, 4) is 0 Å². The first-order chi connectivity index (χ1) is 9.43. The van der Waals surface area contributed by atoms with E-state index < -0.39 is 16.3 Å². The summed E-state index contributed by atoms with van der Waals surface area (Å²) < 4.78 is 50.5. The van der Waals surface area contributed by atoms with Gasteiger partial charge in [0, 0.05) is 11.2 Å². The highest BCUT2D eigenvalue weighted by Gasteiger charge is 2.38. The van der Waals surface area contributed by atoms with Gasteiger partial charge in [0.25, 0.3) is 0 Å². The second-order valence-corrected chi connectivity index (χ2v) is 9.02. The minimum absolute atomic E-state index is 0.0457. The molecule has 0 atom stereocenters. The highest BCUT2D eigenvalue weighted by molar-refractivity contribution is 7.53. The number of benzene rings is 1. The summed E-state index contributed by atoms with van der Waals surface area (Å²) in [5.74, 6) is 0. The predicted molar refractivity (Wildman–Crippen MR) is 79.2 cm³/mol. The largest absolute Gasteiger partial charge is 0.455 e. The van der Waals surface area contributed by atoms with E-state index in [0.29, 0.717) is 0 Å². The Hall–Kier alpha value is -0.553. The lowest BCUT2D eigenvalue weighted by molar-refractivity contribution is 0.220. The lowest BCUT2D eigenvalue weighted by Crippen LogP contribution is -2.38. The minimum atomic E-state index is -4.46. The summed E-state index contributed by atoms with van der Waals surface area (Å²) in [6.07, 6.45) is 0.190. The molecule has 0 spiro atoms. The lowest BCUT2D eigenvalue weighted by atomic mass is 10.4. The van der Waals surface area contributed by atoms with Crippen LogP contribution in [-0.4, -0.2) is 28.1 Å². The smallest absolute Gasteiger partial charge is 0.309 e. The normalized spacial score (nSPS) is 12.6. The van der Waals surface area contributed by atoms with Gasteiger partial charge >= 0.3 is 16.3 Å². The van der Waals surface area contributed by atoms with Crippen LogP contribution in [0.3, 0.4) is 0 Å². The molecule has 1 rings (SSSR count). The maximum Gasteiger partial charge on any atom is 0.455 e. The van der Waals surface area contributed by atoms with E-state index in [4.69, 9.17) is 9.05 Å². The molecule has 0 N–H and O–H groups in total. The fraction of sp³-hybridized carbons (Fsp3) is 0.538. The molecule has 0 heterocycles. The summed E-state index contributed by atoms with van der Waals surface area (Å²) in [5.41, 5.74) is 0. The molecular weight excluding hydrogens is 301 g/mol. The van der Waals surface area contributed by atoms with Gasteiger partial charge in [0.1, 0.15) is 0 Å². The van der Waals surface area contributed by atoms with Crippen LogP contribution in [0, 0.1) is 0 Å². The Bertz CT molecular complexity index is 433. The Balaban J connectivity index is 2.56. The highest BCUT2D eigenvalue weighted by atomic mass is 31.2. The second kappa shape index (κ2) is 8.03. The first-order valence-electron chi connectivity index (χ1n) is 6.75. The molecule has 0 saturated heterocycles. The van der Waals surface area contributed by atoms with E-state index in [0.717, 1.165) is 0 Å². The number of hydrogen-bond donors (Lipinski definition) is 0. The summed E-state index contributed by atoms with van der Waals surface area (Å²) in [4.78, 5) is 0. The highest BCUT2D eigenvalue weighted by Crippen LogP contribution is 2.49. The topological polar surface area (TPSA) is 35.5 Å². The average Bonchev–Trinajstić information content (AvgIpc) is 2.40. The number of hydrogen-bond acceptors (Lipinski definition) is 3. The van der Waals surface area contributed by atoms with Crippen molar-refractivity contribution >= 4 is 21.5 Å². The van der Waals surface area contributed by atoms with E-state index >= 15 is 0 Å². The SMILES string of the molecule is CCOP(=O)(CCC[Si](F)(F)c1ccccc1)OCC. The van der Waals surface area contributed by atoms with Crippen LogP contribution < -0.4 is 5.19 Å². The zero-order valence-electron chi connectivity index (χ0n) is 11.9. The van der Waals surface area contributed by atoms with Crippen molar-refractivity contribution in [2.45, 2.75) is 26.3 Å². The van der Waals surface area contributed by atoms with E-state index in [9.17, 15) is 12.8 Å². The van der Waals surface area contributed by atoms with Crippen LogP contribution in [0.25, 0.3) is 0 Å². The summed E-state index contributed by atoms with van der Waals surface area (Å²) in [6, 6.07) is 7.62. The maximum atomic E-state index is 14.1. The van der Waals surface area contributed by atoms with Gasteiger partial charge < -0.3 is 9.05 Å². The number of rotatable bonds is 9. The molecule has 0 aliphatic carbocycles. The van der Waals surface area contributed by atoms with E-state index in [1.54, 1.807) is 32.0 Å². The lowest BCUT2D eigenvalue weighted by Gasteiger charge is -2.18. The quantitative estimate of drug-likeness (QED) is 0.392. The van der Waals surface area contributed by atoms with Crippen LogP contribution >= 0.6 is 7.60 Å². The van der Waals surface area contributed by atoms with Crippen LogP contribution in [-0.2, 0) is 13.6 Å². The molecule has 0 bridgehead atoms. The Morgan fingerprint density at radius 3 is 2.15 bits per heavy atom. The molecule has 0 unspecified atom stereocenters. The maximum absolute atomic E-state index is 14.1. The van der Waals surface area contributed by atoms with Gasteiger partial charge in [-0.3, -0.25) is 12.8 Å². The van der Waals surface area contributed by atoms with Gasteiger partial charge in [-0.1, -0.05) is 30.3 Å². The van der Waals surface area contributed by atoms with Crippen molar-refractivity contribution in [3.63, 3.8) is 0 Å². The van der Waals surface area contributed by atoms with Crippen molar-refractivity contribution in [3.05, 3.63) is 30.3 Å². The third-order valence-corrected chi connectivity index (χ3v) is 7.10. The molecule has 0 fully saturated rings. The van der Waals surface area contributed by atoms with Crippen molar-refractivity contribution in [2.75, 3.05) is 19.4 Å². The standard InChI is InChI=1S/C13H21F2O3PSi/c1-3-17-19(16,18-4-2)11-8-12-20(14,15)13-9-6-5-7-10-13/h5-7,9-10H,3-4,8,11-12H2,1-2H3. The van der Waals surface area contributed by atoms with Crippen LogP contribution in [0.4, 0.5) is 8.22 Å². The van der Waals surface area contributed by atoms with Crippen molar-refractivity contribution < 1.29 is 21.8 Å².